The molecule has 0 saturated heterocycles. The molecule has 0 aromatic heterocycles. The van der Waals surface area contributed by atoms with E-state index in [0.29, 0.717) is 6.42 Å². The number of methoxy groups -OCH3 is 2. The summed E-state index contributed by atoms with van der Waals surface area (Å²) in [6, 6.07) is 5.58. The van der Waals surface area contributed by atoms with Gasteiger partial charge in [0.05, 0.1) is 14.2 Å². The van der Waals surface area contributed by atoms with Gasteiger partial charge < -0.3 is 15.2 Å². The average Bonchev–Trinajstić information content (AvgIpc) is 2.66. The van der Waals surface area contributed by atoms with Crippen LogP contribution in [0, 0.1) is 0 Å². The van der Waals surface area contributed by atoms with Crippen molar-refractivity contribution in [3.05, 3.63) is 29.3 Å². The maximum atomic E-state index is 11.7. The number of rotatable bonds is 2. The van der Waals surface area contributed by atoms with Gasteiger partial charge in [0.15, 0.2) is 0 Å². The van der Waals surface area contributed by atoms with Crippen molar-refractivity contribution in [1.82, 2.24) is 0 Å². The molecule has 2 rings (SSSR count). The minimum absolute atomic E-state index is 0.378. The van der Waals surface area contributed by atoms with Crippen molar-refractivity contribution < 1.29 is 14.3 Å². The molecule has 1 aromatic carbocycles. The summed E-state index contributed by atoms with van der Waals surface area (Å²) >= 11 is 0. The Morgan fingerprint density at radius 2 is 2.19 bits per heavy atom. The zero-order valence-electron chi connectivity index (χ0n) is 9.45. The molecule has 16 heavy (non-hydrogen) atoms. The molecule has 0 saturated carbocycles. The second-order valence-corrected chi connectivity index (χ2v) is 3.99. The molecule has 4 heteroatoms. The number of fused-ring (bicyclic) bond motifs is 1. The minimum atomic E-state index is -0.990. The number of aryl methyl sites for hydroxylation is 1. The van der Waals surface area contributed by atoms with Gasteiger partial charge in [0.2, 0.25) is 0 Å². The van der Waals surface area contributed by atoms with E-state index in [9.17, 15) is 4.79 Å². The van der Waals surface area contributed by atoms with Gasteiger partial charge in [0.1, 0.15) is 11.3 Å². The van der Waals surface area contributed by atoms with Crippen LogP contribution in [0.1, 0.15) is 17.5 Å². The normalized spacial score (nSPS) is 22.7. The molecule has 86 valence electrons. The van der Waals surface area contributed by atoms with Crippen molar-refractivity contribution in [1.29, 1.82) is 0 Å². The van der Waals surface area contributed by atoms with Gasteiger partial charge in [-0.2, -0.15) is 0 Å². The lowest BCUT2D eigenvalue weighted by atomic mass is 9.93. The van der Waals surface area contributed by atoms with Gasteiger partial charge in [-0.05, 0) is 36.1 Å². The van der Waals surface area contributed by atoms with Crippen LogP contribution in [0.3, 0.4) is 0 Å². The summed E-state index contributed by atoms with van der Waals surface area (Å²) in [5, 5.41) is 0. The molecule has 0 heterocycles. The number of nitrogens with two attached hydrogens (primary N) is 1. The highest BCUT2D eigenvalue weighted by Crippen LogP contribution is 2.37. The van der Waals surface area contributed by atoms with E-state index in [1.807, 2.05) is 18.2 Å². The first-order valence-corrected chi connectivity index (χ1v) is 5.16. The van der Waals surface area contributed by atoms with Crippen LogP contribution in [0.2, 0.25) is 0 Å². The topological polar surface area (TPSA) is 61.5 Å². The molecule has 2 N–H and O–H groups in total. The van der Waals surface area contributed by atoms with Gasteiger partial charge in [-0.25, -0.2) is 4.79 Å². The summed E-state index contributed by atoms with van der Waals surface area (Å²) in [7, 11) is 2.98. The summed E-state index contributed by atoms with van der Waals surface area (Å²) in [6.45, 7) is 0. The SMILES string of the molecule is COC(=O)C1(N)CCc2cc(OC)ccc21. The van der Waals surface area contributed by atoms with E-state index in [0.717, 1.165) is 23.3 Å². The van der Waals surface area contributed by atoms with Gasteiger partial charge in [-0.3, -0.25) is 0 Å². The fraction of sp³-hybridized carbons (Fsp3) is 0.417. The Kier molecular flexibility index (Phi) is 2.59. The first-order valence-electron chi connectivity index (χ1n) is 5.16. The molecule has 0 spiro atoms. The van der Waals surface area contributed by atoms with E-state index in [2.05, 4.69) is 0 Å². The average molecular weight is 221 g/mol. The Hall–Kier alpha value is -1.55. The summed E-state index contributed by atoms with van der Waals surface area (Å²) in [5.41, 5.74) is 7.02. The van der Waals surface area contributed by atoms with Crippen LogP contribution in [0.15, 0.2) is 18.2 Å². The predicted octanol–water partition coefficient (Wildman–Crippen LogP) is 0.968. The third-order valence-corrected chi connectivity index (χ3v) is 3.13. The predicted molar refractivity (Wildman–Crippen MR) is 59.2 cm³/mol. The second-order valence-electron chi connectivity index (χ2n) is 3.99. The highest BCUT2D eigenvalue weighted by molar-refractivity contribution is 5.84. The molecule has 0 aliphatic heterocycles. The van der Waals surface area contributed by atoms with Crippen molar-refractivity contribution in [2.24, 2.45) is 5.73 Å². The Balaban J connectivity index is 2.44. The molecular weight excluding hydrogens is 206 g/mol. The number of benzene rings is 1. The van der Waals surface area contributed by atoms with Crippen molar-refractivity contribution in [2.45, 2.75) is 18.4 Å². The maximum absolute atomic E-state index is 11.7. The lowest BCUT2D eigenvalue weighted by molar-refractivity contribution is -0.147. The van der Waals surface area contributed by atoms with E-state index in [1.54, 1.807) is 7.11 Å². The van der Waals surface area contributed by atoms with E-state index in [4.69, 9.17) is 15.2 Å². The molecule has 0 amide bonds. The Morgan fingerprint density at radius 3 is 2.81 bits per heavy atom. The zero-order chi connectivity index (χ0) is 11.8. The lowest BCUT2D eigenvalue weighted by Gasteiger charge is -2.21. The largest absolute Gasteiger partial charge is 0.497 e. The van der Waals surface area contributed by atoms with Crippen LogP contribution < -0.4 is 10.5 Å². The van der Waals surface area contributed by atoms with Gasteiger partial charge in [-0.1, -0.05) is 6.07 Å². The van der Waals surface area contributed by atoms with Crippen LogP contribution in [-0.4, -0.2) is 20.2 Å². The standard InChI is InChI=1S/C12H15NO3/c1-15-9-3-4-10-8(7-9)5-6-12(10,13)11(14)16-2/h3-4,7H,5-6,13H2,1-2H3. The Labute approximate surface area is 94.3 Å². The van der Waals surface area contributed by atoms with Gasteiger partial charge in [0, 0.05) is 0 Å². The summed E-state index contributed by atoms with van der Waals surface area (Å²) in [4.78, 5) is 11.7. The number of ether oxygens (including phenoxy) is 2. The summed E-state index contributed by atoms with van der Waals surface area (Å²) in [5.74, 6) is 0.407. The lowest BCUT2D eigenvalue weighted by Crippen LogP contribution is -2.43. The van der Waals surface area contributed by atoms with Crippen LogP contribution in [0.25, 0.3) is 0 Å². The number of hydrogen-bond acceptors (Lipinski definition) is 4. The van der Waals surface area contributed by atoms with E-state index in [-0.39, 0.29) is 5.97 Å². The highest BCUT2D eigenvalue weighted by Gasteiger charge is 2.42. The summed E-state index contributed by atoms with van der Waals surface area (Å²) in [6.07, 6.45) is 1.36. The molecule has 0 bridgehead atoms. The number of hydrogen-bond donors (Lipinski definition) is 1. The summed E-state index contributed by atoms with van der Waals surface area (Å²) < 4.78 is 9.89. The number of esters is 1. The molecule has 0 radical (unpaired) electrons. The highest BCUT2D eigenvalue weighted by atomic mass is 16.5. The van der Waals surface area contributed by atoms with Crippen LogP contribution in [-0.2, 0) is 21.5 Å². The zero-order valence-corrected chi connectivity index (χ0v) is 9.45. The number of carbonyl (C=O) groups is 1. The fourth-order valence-electron chi connectivity index (χ4n) is 2.20. The fourth-order valence-corrected chi connectivity index (χ4v) is 2.20. The first kappa shape index (κ1) is 11.0. The molecule has 1 aliphatic carbocycles. The van der Waals surface area contributed by atoms with Crippen molar-refractivity contribution in [2.75, 3.05) is 14.2 Å². The third kappa shape index (κ3) is 1.46. The van der Waals surface area contributed by atoms with Crippen molar-refractivity contribution >= 4 is 5.97 Å². The van der Waals surface area contributed by atoms with Crippen molar-refractivity contribution in [3.63, 3.8) is 0 Å². The quantitative estimate of drug-likeness (QED) is 0.756. The van der Waals surface area contributed by atoms with Crippen molar-refractivity contribution in [3.8, 4) is 5.75 Å². The minimum Gasteiger partial charge on any atom is -0.497 e. The van der Waals surface area contributed by atoms with Crippen LogP contribution >= 0.6 is 0 Å². The molecule has 1 aliphatic rings. The number of carbonyl (C=O) groups excluding carboxylic acids is 1. The Morgan fingerprint density at radius 1 is 1.44 bits per heavy atom. The van der Waals surface area contributed by atoms with Gasteiger partial charge >= 0.3 is 5.97 Å². The van der Waals surface area contributed by atoms with E-state index >= 15 is 0 Å². The van der Waals surface area contributed by atoms with E-state index in [1.165, 1.54) is 7.11 Å². The van der Waals surface area contributed by atoms with Gasteiger partial charge in [-0.15, -0.1) is 0 Å². The maximum Gasteiger partial charge on any atom is 0.330 e. The van der Waals surface area contributed by atoms with Crippen LogP contribution in [0.4, 0.5) is 0 Å². The monoisotopic (exact) mass is 221 g/mol. The Bertz CT molecular complexity index is 430. The molecule has 1 atom stereocenters. The second kappa shape index (κ2) is 3.79. The first-order chi connectivity index (χ1) is 7.61. The molecular formula is C12H15NO3. The molecule has 1 unspecified atom stereocenters. The van der Waals surface area contributed by atoms with Crippen LogP contribution in [0.5, 0.6) is 5.75 Å². The van der Waals surface area contributed by atoms with E-state index < -0.39 is 5.54 Å². The third-order valence-electron chi connectivity index (χ3n) is 3.13. The van der Waals surface area contributed by atoms with Gasteiger partial charge in [0.25, 0.3) is 0 Å². The molecule has 1 aromatic rings. The molecule has 0 fully saturated rings. The smallest absolute Gasteiger partial charge is 0.330 e. The molecule has 4 nitrogen and oxygen atoms in total.